The Labute approximate surface area is 147 Å². The smallest absolute Gasteiger partial charge is 0.335 e. The quantitative estimate of drug-likeness (QED) is 0.447. The van der Waals surface area contributed by atoms with E-state index in [1.165, 1.54) is 12.1 Å². The lowest BCUT2D eigenvalue weighted by molar-refractivity contribution is 0.0679. The Balaban J connectivity index is 0. The summed E-state index contributed by atoms with van der Waals surface area (Å²) in [7, 11) is 0. The predicted octanol–water partition coefficient (Wildman–Crippen LogP) is 0.668. The summed E-state index contributed by atoms with van der Waals surface area (Å²) >= 11 is 0. The Kier molecular flexibility index (Phi) is 12.5. The van der Waals surface area contributed by atoms with Crippen LogP contribution in [0.3, 0.4) is 0 Å². The molecule has 0 bridgehead atoms. The van der Waals surface area contributed by atoms with Crippen molar-refractivity contribution in [2.75, 3.05) is 26.4 Å². The molecule has 0 saturated heterocycles. The molecule has 0 aliphatic rings. The lowest BCUT2D eigenvalue weighted by Crippen LogP contribution is -2.20. The zero-order chi connectivity index (χ0) is 20.2. The van der Waals surface area contributed by atoms with Gasteiger partial charge in [-0.15, -0.1) is 0 Å². The van der Waals surface area contributed by atoms with Gasteiger partial charge in [0, 0.05) is 5.41 Å². The Bertz CT molecular complexity index is 505. The van der Waals surface area contributed by atoms with Gasteiger partial charge in [-0.25, -0.2) is 9.59 Å². The highest BCUT2D eigenvalue weighted by Crippen LogP contribution is 2.17. The van der Waals surface area contributed by atoms with Crippen LogP contribution in [0.2, 0.25) is 0 Å². The van der Waals surface area contributed by atoms with Crippen LogP contribution in [0, 0.1) is 19.3 Å². The van der Waals surface area contributed by atoms with Crippen LogP contribution in [0.4, 0.5) is 0 Å². The second-order valence-electron chi connectivity index (χ2n) is 5.95. The van der Waals surface area contributed by atoms with Crippen molar-refractivity contribution in [3.05, 3.63) is 34.4 Å². The van der Waals surface area contributed by atoms with E-state index in [1.54, 1.807) is 27.7 Å². The van der Waals surface area contributed by atoms with E-state index in [4.69, 9.17) is 30.6 Å². The first-order valence-corrected chi connectivity index (χ1v) is 7.49. The van der Waals surface area contributed by atoms with Gasteiger partial charge in [-0.2, -0.15) is 0 Å². The number of hydrogen-bond acceptors (Lipinski definition) is 6. The number of rotatable bonds is 5. The first-order valence-electron chi connectivity index (χ1n) is 7.49. The van der Waals surface area contributed by atoms with Crippen molar-refractivity contribution in [3.63, 3.8) is 0 Å². The number of aliphatic hydroxyl groups excluding tert-OH is 4. The number of aliphatic hydroxyl groups is 4. The zero-order valence-electron chi connectivity index (χ0n) is 15.0. The van der Waals surface area contributed by atoms with Gasteiger partial charge in [0.25, 0.3) is 0 Å². The van der Waals surface area contributed by atoms with Crippen molar-refractivity contribution in [3.8, 4) is 0 Å². The third-order valence-corrected chi connectivity index (χ3v) is 3.20. The number of benzene rings is 1. The van der Waals surface area contributed by atoms with E-state index in [9.17, 15) is 9.59 Å². The molecule has 0 radical (unpaired) electrons. The lowest BCUT2D eigenvalue weighted by atomic mass is 9.97. The molecule has 8 nitrogen and oxygen atoms in total. The van der Waals surface area contributed by atoms with E-state index in [0.29, 0.717) is 11.1 Å². The maximum atomic E-state index is 10.7. The fraction of sp³-hybridized carbons (Fsp3) is 0.529. The molecule has 1 aromatic carbocycles. The minimum atomic E-state index is -1.04. The Hall–Kier alpha value is -2.00. The summed E-state index contributed by atoms with van der Waals surface area (Å²) in [5, 5.41) is 49.7. The number of carboxylic acids is 2. The second-order valence-corrected chi connectivity index (χ2v) is 5.95. The molecule has 1 aromatic rings. The molecule has 144 valence electrons. The van der Waals surface area contributed by atoms with E-state index in [0.717, 1.165) is 0 Å². The summed E-state index contributed by atoms with van der Waals surface area (Å²) in [6, 6.07) is 2.63. The summed E-state index contributed by atoms with van der Waals surface area (Å²) in [6.45, 7) is 6.64. The Morgan fingerprint density at radius 1 is 0.800 bits per heavy atom. The molecule has 0 fully saturated rings. The molecule has 25 heavy (non-hydrogen) atoms. The SMILES string of the molecule is CC(C)(CO)CO.Cc1c(C(=O)O)ccc(C(=O)O)c1C.OCCO. The summed E-state index contributed by atoms with van der Waals surface area (Å²) in [6.07, 6.45) is 0. The van der Waals surface area contributed by atoms with Gasteiger partial charge < -0.3 is 30.6 Å². The molecular formula is C17H28O8. The molecule has 0 aromatic heterocycles. The molecule has 8 heteroatoms. The van der Waals surface area contributed by atoms with Crippen LogP contribution in [-0.2, 0) is 0 Å². The molecule has 1 rings (SSSR count). The zero-order valence-corrected chi connectivity index (χ0v) is 15.0. The number of hydrogen-bond donors (Lipinski definition) is 6. The van der Waals surface area contributed by atoms with Gasteiger partial charge in [-0.1, -0.05) is 13.8 Å². The van der Waals surface area contributed by atoms with Crippen LogP contribution in [0.5, 0.6) is 0 Å². The van der Waals surface area contributed by atoms with Crippen LogP contribution < -0.4 is 0 Å². The summed E-state index contributed by atoms with van der Waals surface area (Å²) in [4.78, 5) is 21.4. The van der Waals surface area contributed by atoms with Crippen LogP contribution >= 0.6 is 0 Å². The largest absolute Gasteiger partial charge is 0.478 e. The molecule has 0 saturated carbocycles. The van der Waals surface area contributed by atoms with Gasteiger partial charge in [-0.05, 0) is 37.1 Å². The molecule has 0 atom stereocenters. The fourth-order valence-electron chi connectivity index (χ4n) is 1.33. The van der Waals surface area contributed by atoms with Crippen molar-refractivity contribution in [1.29, 1.82) is 0 Å². The maximum Gasteiger partial charge on any atom is 0.335 e. The molecule has 6 N–H and O–H groups in total. The molecule has 0 spiro atoms. The number of aromatic carboxylic acids is 2. The second kappa shape index (κ2) is 12.4. The highest BCUT2D eigenvalue weighted by molar-refractivity contribution is 5.94. The van der Waals surface area contributed by atoms with E-state index in [1.807, 2.05) is 0 Å². The van der Waals surface area contributed by atoms with Crippen molar-refractivity contribution >= 4 is 11.9 Å². The predicted molar refractivity (Wildman–Crippen MR) is 92.0 cm³/mol. The van der Waals surface area contributed by atoms with Gasteiger partial charge >= 0.3 is 11.9 Å². The van der Waals surface area contributed by atoms with E-state index in [2.05, 4.69) is 0 Å². The van der Waals surface area contributed by atoms with E-state index < -0.39 is 11.9 Å². The van der Waals surface area contributed by atoms with Gasteiger partial charge in [-0.3, -0.25) is 0 Å². The maximum absolute atomic E-state index is 10.7. The van der Waals surface area contributed by atoms with Crippen molar-refractivity contribution < 1.29 is 40.2 Å². The van der Waals surface area contributed by atoms with Gasteiger partial charge in [0.15, 0.2) is 0 Å². The van der Waals surface area contributed by atoms with Crippen LogP contribution in [0.15, 0.2) is 12.1 Å². The highest BCUT2D eigenvalue weighted by Gasteiger charge is 2.14. The standard InChI is InChI=1S/C10H10O4.C5H12O2.C2H6O2/c1-5-6(2)8(10(13)14)4-3-7(5)9(11)12;1-5(2,3-6)4-7;3-1-2-4/h3-4H,1-2H3,(H,11,12)(H,13,14);6-7H,3-4H2,1-2H3;3-4H,1-2H2. The third kappa shape index (κ3) is 9.78. The van der Waals surface area contributed by atoms with Crippen molar-refractivity contribution in [1.82, 2.24) is 0 Å². The molecule has 0 unspecified atom stereocenters. The Morgan fingerprint density at radius 3 is 1.20 bits per heavy atom. The van der Waals surface area contributed by atoms with E-state index >= 15 is 0 Å². The van der Waals surface area contributed by atoms with Crippen LogP contribution in [0.25, 0.3) is 0 Å². The fourth-order valence-corrected chi connectivity index (χ4v) is 1.33. The minimum Gasteiger partial charge on any atom is -0.478 e. The molecular weight excluding hydrogens is 332 g/mol. The average molecular weight is 360 g/mol. The monoisotopic (exact) mass is 360 g/mol. The molecule has 0 heterocycles. The van der Waals surface area contributed by atoms with Gasteiger partial charge in [0.2, 0.25) is 0 Å². The van der Waals surface area contributed by atoms with Gasteiger partial charge in [0.05, 0.1) is 37.6 Å². The lowest BCUT2D eigenvalue weighted by Gasteiger charge is -2.16. The van der Waals surface area contributed by atoms with Gasteiger partial charge in [0.1, 0.15) is 0 Å². The van der Waals surface area contributed by atoms with Crippen LogP contribution in [-0.4, -0.2) is 69.0 Å². The summed E-state index contributed by atoms with van der Waals surface area (Å²) < 4.78 is 0. The summed E-state index contributed by atoms with van der Waals surface area (Å²) in [5.41, 5.74) is 0.981. The minimum absolute atomic E-state index is 0.0451. The topological polar surface area (TPSA) is 156 Å². The average Bonchev–Trinajstić information content (AvgIpc) is 2.57. The van der Waals surface area contributed by atoms with Crippen molar-refractivity contribution in [2.45, 2.75) is 27.7 Å². The molecule has 0 aliphatic carbocycles. The number of carbonyl (C=O) groups is 2. The molecule has 0 aliphatic heterocycles. The summed E-state index contributed by atoms with van der Waals surface area (Å²) in [5.74, 6) is -2.08. The normalized spacial score (nSPS) is 10.1. The third-order valence-electron chi connectivity index (χ3n) is 3.20. The first-order chi connectivity index (χ1) is 11.5. The van der Waals surface area contributed by atoms with Crippen molar-refractivity contribution in [2.24, 2.45) is 5.41 Å². The van der Waals surface area contributed by atoms with E-state index in [-0.39, 0.29) is 43.0 Å². The Morgan fingerprint density at radius 2 is 1.08 bits per heavy atom. The molecule has 0 amide bonds. The van der Waals surface area contributed by atoms with Crippen LogP contribution in [0.1, 0.15) is 45.7 Å². The number of carboxylic acid groups (broad SMARTS) is 2. The highest BCUT2D eigenvalue weighted by atomic mass is 16.4. The first kappa shape index (κ1) is 25.2.